The summed E-state index contributed by atoms with van der Waals surface area (Å²) in [7, 11) is 1.72. The van der Waals surface area contributed by atoms with Crippen LogP contribution in [0.5, 0.6) is 0 Å². The largest absolute Gasteiger partial charge is 0.481 e. The van der Waals surface area contributed by atoms with E-state index in [-0.39, 0.29) is 18.4 Å². The van der Waals surface area contributed by atoms with Crippen LogP contribution >= 0.6 is 0 Å². The lowest BCUT2D eigenvalue weighted by molar-refractivity contribution is -0.144. The molecule has 0 aliphatic carbocycles. The minimum atomic E-state index is -0.872. The number of ether oxygens (including phenoxy) is 1. The minimum Gasteiger partial charge on any atom is -0.481 e. The Hall–Kier alpha value is -1.89. The number of carbonyl (C=O) groups is 2. The molecule has 1 amide bonds. The van der Waals surface area contributed by atoms with Crippen molar-refractivity contribution in [2.45, 2.75) is 12.8 Å². The van der Waals surface area contributed by atoms with Crippen LogP contribution < -0.4 is 5.32 Å². The molecule has 0 radical (unpaired) electrons. The molecule has 1 fully saturated rings. The third-order valence-electron chi connectivity index (χ3n) is 3.60. The van der Waals surface area contributed by atoms with Crippen molar-refractivity contribution < 1.29 is 19.4 Å². The second-order valence-corrected chi connectivity index (χ2v) is 5.01. The highest BCUT2D eigenvalue weighted by atomic mass is 16.5. The van der Waals surface area contributed by atoms with Crippen molar-refractivity contribution in [3.8, 4) is 0 Å². The zero-order valence-electron chi connectivity index (χ0n) is 11.4. The van der Waals surface area contributed by atoms with Gasteiger partial charge in [-0.1, -0.05) is 0 Å². The fraction of sp³-hybridized carbons (Fsp3) is 0.615. The zero-order chi connectivity index (χ0) is 14.5. The average Bonchev–Trinajstić information content (AvgIpc) is 2.86. The van der Waals surface area contributed by atoms with E-state index < -0.39 is 11.9 Å². The number of rotatable bonds is 5. The molecule has 0 saturated carbocycles. The Bertz CT molecular complexity index is 480. The maximum absolute atomic E-state index is 11.9. The second-order valence-electron chi connectivity index (χ2n) is 5.01. The number of aromatic nitrogens is 2. The first-order valence-electron chi connectivity index (χ1n) is 6.65. The van der Waals surface area contributed by atoms with E-state index in [1.54, 1.807) is 13.2 Å². The molecule has 1 aliphatic rings. The Labute approximate surface area is 116 Å². The molecule has 1 unspecified atom stereocenters. The van der Waals surface area contributed by atoms with Gasteiger partial charge in [-0.15, -0.1) is 0 Å². The van der Waals surface area contributed by atoms with E-state index in [4.69, 9.17) is 4.74 Å². The van der Waals surface area contributed by atoms with Crippen LogP contribution in [0.1, 0.15) is 23.2 Å². The summed E-state index contributed by atoms with van der Waals surface area (Å²) in [6.45, 7) is 1.31. The van der Waals surface area contributed by atoms with Crippen molar-refractivity contribution in [1.82, 2.24) is 15.1 Å². The van der Waals surface area contributed by atoms with Crippen molar-refractivity contribution >= 4 is 11.9 Å². The third kappa shape index (κ3) is 3.57. The first-order chi connectivity index (χ1) is 9.58. The summed E-state index contributed by atoms with van der Waals surface area (Å²) < 4.78 is 6.77. The number of carboxylic acids is 1. The molecular formula is C13H19N3O4. The van der Waals surface area contributed by atoms with Crippen molar-refractivity contribution in [3.05, 3.63) is 18.0 Å². The molecule has 0 aromatic carbocycles. The van der Waals surface area contributed by atoms with Gasteiger partial charge in [0, 0.05) is 33.0 Å². The van der Waals surface area contributed by atoms with Gasteiger partial charge < -0.3 is 15.2 Å². The maximum atomic E-state index is 11.9. The predicted molar refractivity (Wildman–Crippen MR) is 70.2 cm³/mol. The van der Waals surface area contributed by atoms with Crippen molar-refractivity contribution in [2.24, 2.45) is 18.9 Å². The molecule has 1 aromatic rings. The number of carboxylic acid groups (broad SMARTS) is 1. The lowest BCUT2D eigenvalue weighted by Crippen LogP contribution is -2.38. The highest BCUT2D eigenvalue weighted by Crippen LogP contribution is 2.23. The van der Waals surface area contributed by atoms with Crippen molar-refractivity contribution in [2.75, 3.05) is 19.8 Å². The van der Waals surface area contributed by atoms with Gasteiger partial charge in [0.25, 0.3) is 5.91 Å². The first kappa shape index (κ1) is 14.5. The summed E-state index contributed by atoms with van der Waals surface area (Å²) in [6.07, 6.45) is 4.50. The zero-order valence-corrected chi connectivity index (χ0v) is 11.4. The van der Waals surface area contributed by atoms with Crippen molar-refractivity contribution in [3.63, 3.8) is 0 Å². The van der Waals surface area contributed by atoms with Gasteiger partial charge in [0.2, 0.25) is 0 Å². The van der Waals surface area contributed by atoms with E-state index in [0.717, 1.165) is 12.8 Å². The smallest absolute Gasteiger partial charge is 0.308 e. The Morgan fingerprint density at radius 2 is 2.25 bits per heavy atom. The number of aliphatic carboxylic acids is 1. The summed E-state index contributed by atoms with van der Waals surface area (Å²) in [5, 5.41) is 15.9. The molecule has 2 rings (SSSR count). The minimum absolute atomic E-state index is 0.0513. The van der Waals surface area contributed by atoms with E-state index in [9.17, 15) is 14.7 Å². The molecule has 7 nitrogen and oxygen atoms in total. The summed E-state index contributed by atoms with van der Waals surface area (Å²) >= 11 is 0. The molecule has 0 spiro atoms. The van der Waals surface area contributed by atoms with Crippen LogP contribution in [0, 0.1) is 11.8 Å². The fourth-order valence-corrected chi connectivity index (χ4v) is 2.42. The van der Waals surface area contributed by atoms with Crippen LogP contribution in [0.4, 0.5) is 0 Å². The topological polar surface area (TPSA) is 93.5 Å². The highest BCUT2D eigenvalue weighted by molar-refractivity contribution is 5.93. The lowest BCUT2D eigenvalue weighted by atomic mass is 9.86. The molecule has 1 aliphatic heterocycles. The molecule has 0 bridgehead atoms. The van der Waals surface area contributed by atoms with Crippen LogP contribution in [0.25, 0.3) is 0 Å². The van der Waals surface area contributed by atoms with Crippen LogP contribution in [0.3, 0.4) is 0 Å². The highest BCUT2D eigenvalue weighted by Gasteiger charge is 2.30. The Morgan fingerprint density at radius 1 is 1.55 bits per heavy atom. The standard InChI is InChI=1S/C13H19N3O4/c1-16-8-10(6-15-16)12(17)14-7-11(13(18)19)9-2-4-20-5-3-9/h6,8-9,11H,2-5,7H2,1H3,(H,14,17)(H,18,19). The molecule has 1 aromatic heterocycles. The molecule has 1 saturated heterocycles. The third-order valence-corrected chi connectivity index (χ3v) is 3.60. The summed E-state index contributed by atoms with van der Waals surface area (Å²) in [5.41, 5.74) is 0.434. The van der Waals surface area contributed by atoms with Crippen LogP contribution in [-0.4, -0.2) is 46.5 Å². The first-order valence-corrected chi connectivity index (χ1v) is 6.65. The molecular weight excluding hydrogens is 262 g/mol. The Balaban J connectivity index is 1.91. The normalized spacial score (nSPS) is 17.6. The van der Waals surface area contributed by atoms with Gasteiger partial charge in [-0.3, -0.25) is 14.3 Å². The number of nitrogens with one attached hydrogen (secondary N) is 1. The van der Waals surface area contributed by atoms with Crippen LogP contribution in [0.2, 0.25) is 0 Å². The number of hydrogen-bond donors (Lipinski definition) is 2. The lowest BCUT2D eigenvalue weighted by Gasteiger charge is -2.27. The molecule has 2 N–H and O–H groups in total. The van der Waals surface area contributed by atoms with Crippen LogP contribution in [0.15, 0.2) is 12.4 Å². The van der Waals surface area contributed by atoms with Gasteiger partial charge in [0.05, 0.1) is 17.7 Å². The van der Waals surface area contributed by atoms with Crippen molar-refractivity contribution in [1.29, 1.82) is 0 Å². The van der Waals surface area contributed by atoms with Gasteiger partial charge in [-0.2, -0.15) is 5.10 Å². The number of hydrogen-bond acceptors (Lipinski definition) is 4. The summed E-state index contributed by atoms with van der Waals surface area (Å²) in [4.78, 5) is 23.2. The number of nitrogens with zero attached hydrogens (tertiary/aromatic N) is 2. The van der Waals surface area contributed by atoms with E-state index in [1.165, 1.54) is 10.9 Å². The van der Waals surface area contributed by atoms with Gasteiger partial charge in [0.15, 0.2) is 0 Å². The predicted octanol–water partition coefficient (Wildman–Crippen LogP) is 0.277. The quantitative estimate of drug-likeness (QED) is 0.808. The average molecular weight is 281 g/mol. The second kappa shape index (κ2) is 6.51. The van der Waals surface area contributed by atoms with Gasteiger partial charge in [-0.25, -0.2) is 0 Å². The number of carbonyl (C=O) groups excluding carboxylic acids is 1. The molecule has 20 heavy (non-hydrogen) atoms. The fourth-order valence-electron chi connectivity index (χ4n) is 2.42. The summed E-state index contributed by atoms with van der Waals surface area (Å²) in [5.74, 6) is -1.69. The molecule has 1 atom stereocenters. The summed E-state index contributed by atoms with van der Waals surface area (Å²) in [6, 6.07) is 0. The number of aryl methyl sites for hydroxylation is 1. The molecule has 110 valence electrons. The van der Waals surface area contributed by atoms with E-state index in [2.05, 4.69) is 10.4 Å². The van der Waals surface area contributed by atoms with E-state index in [0.29, 0.717) is 18.8 Å². The van der Waals surface area contributed by atoms with Crippen LogP contribution in [-0.2, 0) is 16.6 Å². The Morgan fingerprint density at radius 3 is 2.80 bits per heavy atom. The maximum Gasteiger partial charge on any atom is 0.308 e. The SMILES string of the molecule is Cn1cc(C(=O)NCC(C(=O)O)C2CCOCC2)cn1. The number of amides is 1. The van der Waals surface area contributed by atoms with Gasteiger partial charge >= 0.3 is 5.97 Å². The van der Waals surface area contributed by atoms with E-state index >= 15 is 0 Å². The molecule has 2 heterocycles. The monoisotopic (exact) mass is 281 g/mol. The van der Waals surface area contributed by atoms with E-state index in [1.807, 2.05) is 0 Å². The molecule has 7 heteroatoms. The van der Waals surface area contributed by atoms with Gasteiger partial charge in [0.1, 0.15) is 0 Å². The van der Waals surface area contributed by atoms with Gasteiger partial charge in [-0.05, 0) is 18.8 Å². The Kier molecular flexibility index (Phi) is 4.73.